The molecular weight excluding hydrogens is 306 g/mol. The number of nitrogens with zero attached hydrogens (tertiary/aromatic N) is 1. The standard InChI is InChI=1S/C18H23N3O3/c22-17(20-16-2-1-9-19-18(16)23)8-5-14-3-6-15(7-4-14)21-10-12-24-13-11-21/h3-8,16H,1-2,9-13H2,(H,19,23)(H,20,22)/b8-5+/t16-/m0/s1. The van der Waals surface area contributed by atoms with E-state index in [9.17, 15) is 9.59 Å². The van der Waals surface area contributed by atoms with E-state index in [-0.39, 0.29) is 11.8 Å². The molecule has 0 radical (unpaired) electrons. The lowest BCUT2D eigenvalue weighted by Crippen LogP contribution is -2.49. The molecule has 0 spiro atoms. The topological polar surface area (TPSA) is 70.7 Å². The highest BCUT2D eigenvalue weighted by Crippen LogP contribution is 2.17. The van der Waals surface area contributed by atoms with E-state index >= 15 is 0 Å². The molecule has 2 saturated heterocycles. The van der Waals surface area contributed by atoms with Gasteiger partial charge in [-0.05, 0) is 36.6 Å². The zero-order valence-electron chi connectivity index (χ0n) is 13.7. The average Bonchev–Trinajstić information content (AvgIpc) is 2.63. The van der Waals surface area contributed by atoms with Gasteiger partial charge in [-0.25, -0.2) is 0 Å². The lowest BCUT2D eigenvalue weighted by atomic mass is 10.1. The van der Waals surface area contributed by atoms with Crippen LogP contribution in [0.2, 0.25) is 0 Å². The fourth-order valence-electron chi connectivity index (χ4n) is 2.92. The first-order valence-corrected chi connectivity index (χ1v) is 8.41. The summed E-state index contributed by atoms with van der Waals surface area (Å²) in [6.45, 7) is 4.02. The average molecular weight is 329 g/mol. The quantitative estimate of drug-likeness (QED) is 0.806. The SMILES string of the molecule is O=C(/C=C/c1ccc(N2CCOCC2)cc1)N[C@H]1CCCNC1=O. The number of amides is 2. The van der Waals surface area contributed by atoms with Gasteiger partial charge in [-0.1, -0.05) is 12.1 Å². The first-order valence-electron chi connectivity index (χ1n) is 8.41. The molecule has 1 atom stereocenters. The van der Waals surface area contributed by atoms with Crippen LogP contribution in [0.4, 0.5) is 5.69 Å². The Morgan fingerprint density at radius 1 is 1.25 bits per heavy atom. The second-order valence-corrected chi connectivity index (χ2v) is 6.02. The maximum atomic E-state index is 11.9. The summed E-state index contributed by atoms with van der Waals surface area (Å²) >= 11 is 0. The Labute approximate surface area is 141 Å². The number of piperidine rings is 1. The van der Waals surface area contributed by atoms with Gasteiger partial charge in [-0.3, -0.25) is 9.59 Å². The van der Waals surface area contributed by atoms with E-state index in [1.807, 2.05) is 12.1 Å². The molecule has 24 heavy (non-hydrogen) atoms. The smallest absolute Gasteiger partial charge is 0.244 e. The van der Waals surface area contributed by atoms with Gasteiger partial charge in [0.2, 0.25) is 11.8 Å². The molecule has 6 nitrogen and oxygen atoms in total. The summed E-state index contributed by atoms with van der Waals surface area (Å²) in [5.74, 6) is -0.341. The molecule has 2 aliphatic heterocycles. The monoisotopic (exact) mass is 329 g/mol. The van der Waals surface area contributed by atoms with Crippen molar-refractivity contribution in [1.29, 1.82) is 0 Å². The summed E-state index contributed by atoms with van der Waals surface area (Å²) in [6, 6.07) is 7.67. The maximum absolute atomic E-state index is 11.9. The molecule has 0 aliphatic carbocycles. The summed E-state index contributed by atoms with van der Waals surface area (Å²) in [7, 11) is 0. The van der Waals surface area contributed by atoms with Gasteiger partial charge in [-0.2, -0.15) is 0 Å². The van der Waals surface area contributed by atoms with Crippen LogP contribution < -0.4 is 15.5 Å². The summed E-state index contributed by atoms with van der Waals surface area (Å²) < 4.78 is 5.35. The van der Waals surface area contributed by atoms with E-state index < -0.39 is 6.04 Å². The number of carbonyl (C=O) groups is 2. The number of ether oxygens (including phenoxy) is 1. The largest absolute Gasteiger partial charge is 0.378 e. The highest BCUT2D eigenvalue weighted by Gasteiger charge is 2.22. The molecule has 2 N–H and O–H groups in total. The van der Waals surface area contributed by atoms with Gasteiger partial charge in [0, 0.05) is 31.4 Å². The van der Waals surface area contributed by atoms with Gasteiger partial charge in [0.25, 0.3) is 0 Å². The lowest BCUT2D eigenvalue weighted by molar-refractivity contribution is -0.128. The van der Waals surface area contributed by atoms with E-state index in [1.165, 1.54) is 11.8 Å². The van der Waals surface area contributed by atoms with E-state index in [4.69, 9.17) is 4.74 Å². The molecule has 2 aliphatic rings. The van der Waals surface area contributed by atoms with E-state index in [1.54, 1.807) is 6.08 Å². The number of anilines is 1. The Morgan fingerprint density at radius 2 is 2.00 bits per heavy atom. The fraction of sp³-hybridized carbons (Fsp3) is 0.444. The van der Waals surface area contributed by atoms with Crippen LogP contribution in [0, 0.1) is 0 Å². The Kier molecular flexibility index (Phi) is 5.48. The normalized spacial score (nSPS) is 21.6. The minimum atomic E-state index is -0.417. The Hall–Kier alpha value is -2.34. The molecule has 6 heteroatoms. The minimum absolute atomic E-state index is 0.0992. The number of morpholine rings is 1. The van der Waals surface area contributed by atoms with Gasteiger partial charge < -0.3 is 20.3 Å². The summed E-state index contributed by atoms with van der Waals surface area (Å²) in [4.78, 5) is 25.9. The number of hydrogen-bond donors (Lipinski definition) is 2. The van der Waals surface area contributed by atoms with Crippen molar-refractivity contribution >= 4 is 23.6 Å². The molecule has 1 aromatic carbocycles. The minimum Gasteiger partial charge on any atom is -0.378 e. The van der Waals surface area contributed by atoms with E-state index in [2.05, 4.69) is 27.7 Å². The van der Waals surface area contributed by atoms with Crippen molar-refractivity contribution in [3.05, 3.63) is 35.9 Å². The number of carbonyl (C=O) groups excluding carboxylic acids is 2. The van der Waals surface area contributed by atoms with E-state index in [0.29, 0.717) is 13.0 Å². The van der Waals surface area contributed by atoms with Crippen molar-refractivity contribution in [2.24, 2.45) is 0 Å². The van der Waals surface area contributed by atoms with Crippen molar-refractivity contribution in [3.63, 3.8) is 0 Å². The molecule has 2 amide bonds. The molecular formula is C18H23N3O3. The van der Waals surface area contributed by atoms with Crippen LogP contribution in [0.5, 0.6) is 0 Å². The molecule has 0 unspecified atom stereocenters. The van der Waals surface area contributed by atoms with Crippen LogP contribution in [-0.2, 0) is 14.3 Å². The Bertz CT molecular complexity index is 606. The lowest BCUT2D eigenvalue weighted by Gasteiger charge is -2.28. The molecule has 0 bridgehead atoms. The molecule has 1 aromatic rings. The molecule has 3 rings (SSSR count). The maximum Gasteiger partial charge on any atom is 0.244 e. The summed E-state index contributed by atoms with van der Waals surface area (Å²) in [6.07, 6.45) is 4.83. The summed E-state index contributed by atoms with van der Waals surface area (Å²) in [5, 5.41) is 5.50. The Balaban J connectivity index is 1.53. The van der Waals surface area contributed by atoms with Gasteiger partial charge in [-0.15, -0.1) is 0 Å². The van der Waals surface area contributed by atoms with Crippen LogP contribution in [0.1, 0.15) is 18.4 Å². The summed E-state index contributed by atoms with van der Waals surface area (Å²) in [5.41, 5.74) is 2.12. The van der Waals surface area contributed by atoms with Crippen LogP contribution in [0.3, 0.4) is 0 Å². The van der Waals surface area contributed by atoms with Crippen molar-refractivity contribution in [2.75, 3.05) is 37.7 Å². The van der Waals surface area contributed by atoms with Crippen molar-refractivity contribution in [2.45, 2.75) is 18.9 Å². The van der Waals surface area contributed by atoms with Gasteiger partial charge in [0.05, 0.1) is 13.2 Å². The highest BCUT2D eigenvalue weighted by atomic mass is 16.5. The van der Waals surface area contributed by atoms with Crippen molar-refractivity contribution < 1.29 is 14.3 Å². The van der Waals surface area contributed by atoms with Gasteiger partial charge in [0.1, 0.15) is 6.04 Å². The predicted octanol–water partition coefficient (Wildman–Crippen LogP) is 0.931. The zero-order valence-corrected chi connectivity index (χ0v) is 13.7. The van der Waals surface area contributed by atoms with Crippen LogP contribution in [-0.4, -0.2) is 50.7 Å². The van der Waals surface area contributed by atoms with Crippen molar-refractivity contribution in [3.8, 4) is 0 Å². The Morgan fingerprint density at radius 3 is 2.71 bits per heavy atom. The second-order valence-electron chi connectivity index (χ2n) is 6.02. The molecule has 0 saturated carbocycles. The number of nitrogens with one attached hydrogen (secondary N) is 2. The number of hydrogen-bond acceptors (Lipinski definition) is 4. The first kappa shape index (κ1) is 16.5. The molecule has 2 heterocycles. The predicted molar refractivity (Wildman–Crippen MR) is 92.7 cm³/mol. The van der Waals surface area contributed by atoms with Crippen LogP contribution in [0.15, 0.2) is 30.3 Å². The molecule has 0 aromatic heterocycles. The van der Waals surface area contributed by atoms with Gasteiger partial charge in [0.15, 0.2) is 0 Å². The highest BCUT2D eigenvalue weighted by molar-refractivity contribution is 5.95. The van der Waals surface area contributed by atoms with E-state index in [0.717, 1.165) is 38.3 Å². The van der Waals surface area contributed by atoms with Crippen molar-refractivity contribution in [1.82, 2.24) is 10.6 Å². The number of benzene rings is 1. The van der Waals surface area contributed by atoms with Crippen LogP contribution >= 0.6 is 0 Å². The number of rotatable bonds is 4. The first-order chi connectivity index (χ1) is 11.7. The zero-order chi connectivity index (χ0) is 16.8. The third kappa shape index (κ3) is 4.35. The third-order valence-electron chi connectivity index (χ3n) is 4.30. The fourth-order valence-corrected chi connectivity index (χ4v) is 2.92. The van der Waals surface area contributed by atoms with Gasteiger partial charge >= 0.3 is 0 Å². The third-order valence-corrected chi connectivity index (χ3v) is 4.30. The molecule has 128 valence electrons. The van der Waals surface area contributed by atoms with Crippen LogP contribution in [0.25, 0.3) is 6.08 Å². The molecule has 2 fully saturated rings. The second kappa shape index (κ2) is 7.97.